The Kier molecular flexibility index (Phi) is 7.64. The molecule has 0 radical (unpaired) electrons. The first-order valence-electron chi connectivity index (χ1n) is 6.22. The Morgan fingerprint density at radius 1 is 1.17 bits per heavy atom. The number of nitrogens with zero attached hydrogens (tertiary/aromatic N) is 1. The maximum Gasteiger partial charge on any atom is 0.106 e. The van der Waals surface area contributed by atoms with E-state index in [1.54, 1.807) is 0 Å². The van der Waals surface area contributed by atoms with Crippen molar-refractivity contribution in [2.75, 3.05) is 19.6 Å². The van der Waals surface area contributed by atoms with Crippen LogP contribution in [0.4, 0.5) is 5.69 Å². The molecular weight excluding hydrogens is 248 g/mol. The lowest BCUT2D eigenvalue weighted by Gasteiger charge is -2.19. The van der Waals surface area contributed by atoms with Gasteiger partial charge in [-0.15, -0.1) is 0 Å². The number of halogens is 1. The van der Waals surface area contributed by atoms with E-state index in [9.17, 15) is 5.11 Å². The summed E-state index contributed by atoms with van der Waals surface area (Å²) in [6.07, 6.45) is 0. The maximum atomic E-state index is 11.9. The molecule has 4 heteroatoms. The Bertz CT molecular complexity index is 381. The Morgan fingerprint density at radius 2 is 1.67 bits per heavy atom. The van der Waals surface area contributed by atoms with Gasteiger partial charge in [0.15, 0.2) is 0 Å². The van der Waals surface area contributed by atoms with Crippen molar-refractivity contribution >= 4 is 11.6 Å². The lowest BCUT2D eigenvalue weighted by atomic mass is 10.1. The highest BCUT2D eigenvalue weighted by Crippen LogP contribution is 2.22. The van der Waals surface area contributed by atoms with Crippen LogP contribution in [0.2, 0.25) is 0 Å². The minimum atomic E-state index is -0.0268. The molecule has 0 aliphatic rings. The first-order valence-corrected chi connectivity index (χ1v) is 6.22. The van der Waals surface area contributed by atoms with Crippen molar-refractivity contribution in [2.45, 2.75) is 27.7 Å². The maximum absolute atomic E-state index is 11.9. The fourth-order valence-electron chi connectivity index (χ4n) is 1.86. The van der Waals surface area contributed by atoms with Gasteiger partial charge in [0.1, 0.15) is 6.54 Å². The van der Waals surface area contributed by atoms with E-state index >= 15 is 0 Å². The van der Waals surface area contributed by atoms with E-state index < -0.39 is 0 Å². The Morgan fingerprint density at radius 3 is 2.11 bits per heavy atom. The fourth-order valence-corrected chi connectivity index (χ4v) is 1.86. The molecule has 0 bridgehead atoms. The van der Waals surface area contributed by atoms with Gasteiger partial charge in [-0.3, -0.25) is 4.99 Å². The topological polar surface area (TPSA) is 39.9 Å². The second kappa shape index (κ2) is 8.11. The van der Waals surface area contributed by atoms with Crippen LogP contribution >= 0.6 is 0 Å². The van der Waals surface area contributed by atoms with Crippen LogP contribution < -0.4 is 22.4 Å². The van der Waals surface area contributed by atoms with Gasteiger partial charge < -0.3 is 22.4 Å². The molecule has 0 unspecified atom stereocenters. The fraction of sp³-hybridized carbons (Fsp3) is 0.500. The zero-order valence-corrected chi connectivity index (χ0v) is 12.3. The first kappa shape index (κ1) is 16.9. The highest BCUT2D eigenvalue weighted by Gasteiger charge is 2.03. The summed E-state index contributed by atoms with van der Waals surface area (Å²) < 4.78 is 0. The number of quaternary nitrogens is 1. The zero-order valence-electron chi connectivity index (χ0n) is 11.6. The minimum Gasteiger partial charge on any atom is -1.00 e. The summed E-state index contributed by atoms with van der Waals surface area (Å²) in [5, 5.41) is 11.9. The lowest BCUT2D eigenvalue weighted by molar-refractivity contribution is -0.889. The van der Waals surface area contributed by atoms with Gasteiger partial charge in [0, 0.05) is 5.90 Å². The molecular formula is C14H22ClN2O-. The second-order valence-electron chi connectivity index (χ2n) is 4.38. The molecule has 3 nitrogen and oxygen atoms in total. The van der Waals surface area contributed by atoms with Gasteiger partial charge in [-0.2, -0.15) is 0 Å². The molecule has 0 atom stereocenters. The van der Waals surface area contributed by atoms with Crippen LogP contribution in [0.1, 0.15) is 25.0 Å². The predicted molar refractivity (Wildman–Crippen MR) is 69.9 cm³/mol. The van der Waals surface area contributed by atoms with Gasteiger partial charge >= 0.3 is 0 Å². The monoisotopic (exact) mass is 269 g/mol. The number of aliphatic imine (C=N–C) groups is 1. The molecule has 0 fully saturated rings. The molecule has 1 rings (SSSR count). The van der Waals surface area contributed by atoms with Crippen LogP contribution in [0.5, 0.6) is 0 Å². The Hall–Kier alpha value is -1.06. The van der Waals surface area contributed by atoms with Crippen LogP contribution in [-0.2, 0) is 0 Å². The summed E-state index contributed by atoms with van der Waals surface area (Å²) in [6, 6.07) is 5.97. The van der Waals surface area contributed by atoms with Crippen LogP contribution in [0.3, 0.4) is 0 Å². The lowest BCUT2D eigenvalue weighted by Crippen LogP contribution is -3.12. The Balaban J connectivity index is 0.00000289. The summed E-state index contributed by atoms with van der Waals surface area (Å²) in [4.78, 5) is 5.50. The largest absolute Gasteiger partial charge is 1.00 e. The van der Waals surface area contributed by atoms with Gasteiger partial charge in [0.25, 0.3) is 0 Å². The van der Waals surface area contributed by atoms with E-state index in [0.717, 1.165) is 29.9 Å². The van der Waals surface area contributed by atoms with Gasteiger partial charge in [0.2, 0.25) is 0 Å². The molecule has 102 valence electrons. The highest BCUT2D eigenvalue weighted by molar-refractivity contribution is 5.77. The predicted octanol–water partition coefficient (Wildman–Crippen LogP) is -2.38. The molecule has 0 spiro atoms. The molecule has 18 heavy (non-hydrogen) atoms. The van der Waals surface area contributed by atoms with Crippen molar-refractivity contribution in [3.8, 4) is 0 Å². The van der Waals surface area contributed by atoms with E-state index in [1.807, 2.05) is 32.0 Å². The smallest absolute Gasteiger partial charge is 0.106 e. The summed E-state index contributed by atoms with van der Waals surface area (Å²) in [6.45, 7) is 10.6. The second-order valence-corrected chi connectivity index (χ2v) is 4.38. The van der Waals surface area contributed by atoms with Crippen molar-refractivity contribution in [3.63, 3.8) is 0 Å². The minimum absolute atomic E-state index is 0. The van der Waals surface area contributed by atoms with Gasteiger partial charge in [-0.05, 0) is 38.8 Å². The highest BCUT2D eigenvalue weighted by atomic mass is 35.5. The number of para-hydroxylation sites is 1. The van der Waals surface area contributed by atoms with Crippen molar-refractivity contribution in [3.05, 3.63) is 29.3 Å². The number of aryl methyl sites for hydroxylation is 2. The van der Waals surface area contributed by atoms with E-state index in [4.69, 9.17) is 0 Å². The van der Waals surface area contributed by atoms with Crippen molar-refractivity contribution in [1.82, 2.24) is 0 Å². The third-order valence-electron chi connectivity index (χ3n) is 3.08. The molecule has 0 aliphatic carbocycles. The number of nitrogens with one attached hydrogen (secondary N) is 1. The van der Waals surface area contributed by atoms with Crippen LogP contribution in [0, 0.1) is 13.8 Å². The van der Waals surface area contributed by atoms with E-state index in [1.165, 1.54) is 4.90 Å². The van der Waals surface area contributed by atoms with E-state index in [2.05, 4.69) is 18.8 Å². The molecule has 0 heterocycles. The summed E-state index contributed by atoms with van der Waals surface area (Å²) in [7, 11) is 0. The van der Waals surface area contributed by atoms with Crippen LogP contribution in [-0.4, -0.2) is 25.5 Å². The molecule has 0 saturated carbocycles. The van der Waals surface area contributed by atoms with Gasteiger partial charge in [-0.25, -0.2) is 0 Å². The molecule has 1 aromatic rings. The van der Waals surface area contributed by atoms with Gasteiger partial charge in [0.05, 0.1) is 18.8 Å². The standard InChI is InChI=1S/C14H22N2O.ClH/c1-5-16(6-2)10-13(17)15-14-11(3)8-7-9-12(14)4;/h7-9H,5-6,10H2,1-4H3,(H,15,17);1H/p-1. The van der Waals surface area contributed by atoms with Gasteiger partial charge in [-0.1, -0.05) is 18.2 Å². The average Bonchev–Trinajstić information content (AvgIpc) is 2.31. The zero-order chi connectivity index (χ0) is 12.8. The summed E-state index contributed by atoms with van der Waals surface area (Å²) in [5.74, 6) is -0.0268. The summed E-state index contributed by atoms with van der Waals surface area (Å²) in [5.41, 5.74) is 2.96. The quantitative estimate of drug-likeness (QED) is 0.471. The number of hydrogen-bond donors (Lipinski definition) is 1. The van der Waals surface area contributed by atoms with Crippen LogP contribution in [0.25, 0.3) is 0 Å². The molecule has 0 aliphatic heterocycles. The van der Waals surface area contributed by atoms with E-state index in [0.29, 0.717) is 6.54 Å². The molecule has 0 amide bonds. The molecule has 1 aromatic carbocycles. The van der Waals surface area contributed by atoms with Crippen LogP contribution in [0.15, 0.2) is 23.2 Å². The third kappa shape index (κ3) is 4.67. The number of rotatable bonds is 5. The number of benzene rings is 1. The summed E-state index contributed by atoms with van der Waals surface area (Å²) >= 11 is 0. The normalized spacial score (nSPS) is 11.5. The van der Waals surface area contributed by atoms with Crippen molar-refractivity contribution in [1.29, 1.82) is 0 Å². The van der Waals surface area contributed by atoms with Crippen molar-refractivity contribution in [2.24, 2.45) is 4.99 Å². The Labute approximate surface area is 116 Å². The average molecular weight is 270 g/mol. The SMILES string of the molecule is CC[NH+](CC)CC([O-])=Nc1c(C)cccc1C.[Cl-]. The number of likely N-dealkylation sites (N-methyl/N-ethyl adjacent to an activating group) is 1. The third-order valence-corrected chi connectivity index (χ3v) is 3.08. The molecule has 1 N–H and O–H groups in total. The van der Waals surface area contributed by atoms with E-state index in [-0.39, 0.29) is 18.3 Å². The first-order chi connectivity index (χ1) is 8.08. The number of hydrogen-bond acceptors (Lipinski definition) is 2. The molecule has 0 aromatic heterocycles. The molecule has 0 saturated heterocycles. The van der Waals surface area contributed by atoms with Crippen molar-refractivity contribution < 1.29 is 22.4 Å².